The average Bonchev–Trinajstić information content (AvgIpc) is 2.62. The number of amides is 4. The monoisotopic (exact) mass is 346 g/mol. The highest BCUT2D eigenvalue weighted by molar-refractivity contribution is 5.96. The molecule has 1 saturated heterocycles. The number of aryl methyl sites for hydroxylation is 1. The smallest absolute Gasteiger partial charge is 0.321 e. The quantitative estimate of drug-likeness (QED) is 0.833. The second-order valence-corrected chi connectivity index (χ2v) is 6.26. The molecule has 1 aromatic carbocycles. The van der Waals surface area contributed by atoms with Crippen LogP contribution in [0, 0.1) is 6.92 Å². The predicted octanol–water partition coefficient (Wildman–Crippen LogP) is 0.526. The number of benzene rings is 1. The summed E-state index contributed by atoms with van der Waals surface area (Å²) in [4.78, 5) is 39.6. The Balaban J connectivity index is 1.84. The van der Waals surface area contributed by atoms with Gasteiger partial charge in [0.2, 0.25) is 11.8 Å². The van der Waals surface area contributed by atoms with Gasteiger partial charge in [0, 0.05) is 33.2 Å². The summed E-state index contributed by atoms with van der Waals surface area (Å²) < 4.78 is 0. The minimum Gasteiger partial charge on any atom is -0.341 e. The third kappa shape index (κ3) is 5.03. The molecule has 0 bridgehead atoms. The van der Waals surface area contributed by atoms with Crippen LogP contribution in [0.5, 0.6) is 0 Å². The van der Waals surface area contributed by atoms with E-state index in [-0.39, 0.29) is 11.8 Å². The first-order valence-corrected chi connectivity index (χ1v) is 8.51. The van der Waals surface area contributed by atoms with Crippen molar-refractivity contribution in [2.24, 2.45) is 0 Å². The standard InChI is InChI=1S/C18H26N4O3/c1-13-6-4-5-7-15(13)12-16(23)22-10-8-21(9-11-22)14(2)17(24)20-18(25)19-3/h4-7,14H,8-12H2,1-3H3,(H2,19,20,24,25)/t14-/m0/s1. The van der Waals surface area contributed by atoms with Gasteiger partial charge in [-0.05, 0) is 25.0 Å². The third-order valence-electron chi connectivity index (χ3n) is 4.66. The van der Waals surface area contributed by atoms with Gasteiger partial charge in [-0.15, -0.1) is 0 Å². The molecule has 1 atom stereocenters. The molecule has 0 unspecified atom stereocenters. The fourth-order valence-corrected chi connectivity index (χ4v) is 2.89. The van der Waals surface area contributed by atoms with E-state index in [9.17, 15) is 14.4 Å². The summed E-state index contributed by atoms with van der Waals surface area (Å²) in [5.41, 5.74) is 2.17. The highest BCUT2D eigenvalue weighted by atomic mass is 16.2. The van der Waals surface area contributed by atoms with Gasteiger partial charge in [-0.25, -0.2) is 4.79 Å². The first kappa shape index (κ1) is 18.9. The van der Waals surface area contributed by atoms with Gasteiger partial charge >= 0.3 is 6.03 Å². The number of imide groups is 1. The van der Waals surface area contributed by atoms with Gasteiger partial charge in [0.1, 0.15) is 0 Å². The normalized spacial score (nSPS) is 16.2. The number of rotatable bonds is 4. The molecule has 0 aromatic heterocycles. The topological polar surface area (TPSA) is 81.8 Å². The van der Waals surface area contributed by atoms with E-state index in [0.29, 0.717) is 32.6 Å². The van der Waals surface area contributed by atoms with E-state index < -0.39 is 12.1 Å². The highest BCUT2D eigenvalue weighted by Crippen LogP contribution is 2.12. The summed E-state index contributed by atoms with van der Waals surface area (Å²) in [6.07, 6.45) is 0.402. The summed E-state index contributed by atoms with van der Waals surface area (Å²) in [7, 11) is 1.46. The Labute approximate surface area is 148 Å². The summed E-state index contributed by atoms with van der Waals surface area (Å²) in [6, 6.07) is 6.98. The molecule has 0 saturated carbocycles. The molecule has 136 valence electrons. The Morgan fingerprint density at radius 3 is 2.36 bits per heavy atom. The Kier molecular flexibility index (Phi) is 6.52. The van der Waals surface area contributed by atoms with Crippen molar-refractivity contribution in [3.05, 3.63) is 35.4 Å². The highest BCUT2D eigenvalue weighted by Gasteiger charge is 2.28. The number of nitrogens with zero attached hydrogens (tertiary/aromatic N) is 2. The molecule has 0 radical (unpaired) electrons. The van der Waals surface area contributed by atoms with E-state index in [4.69, 9.17) is 0 Å². The van der Waals surface area contributed by atoms with Crippen LogP contribution in [0.4, 0.5) is 4.79 Å². The molecule has 7 heteroatoms. The number of piperazine rings is 1. The maximum atomic E-state index is 12.5. The van der Waals surface area contributed by atoms with Crippen molar-refractivity contribution < 1.29 is 14.4 Å². The molecule has 25 heavy (non-hydrogen) atoms. The molecule has 1 fully saturated rings. The lowest BCUT2D eigenvalue weighted by atomic mass is 10.1. The first-order chi connectivity index (χ1) is 11.9. The Hall–Kier alpha value is -2.41. The number of urea groups is 1. The van der Waals surface area contributed by atoms with Crippen LogP contribution in [0.15, 0.2) is 24.3 Å². The summed E-state index contributed by atoms with van der Waals surface area (Å²) in [6.45, 7) is 6.17. The van der Waals surface area contributed by atoms with Crippen LogP contribution in [-0.4, -0.2) is 66.9 Å². The molecule has 7 nitrogen and oxygen atoms in total. The largest absolute Gasteiger partial charge is 0.341 e. The summed E-state index contributed by atoms with van der Waals surface area (Å²) >= 11 is 0. The van der Waals surface area contributed by atoms with Crippen molar-refractivity contribution >= 4 is 17.8 Å². The van der Waals surface area contributed by atoms with Crippen molar-refractivity contribution in [1.82, 2.24) is 20.4 Å². The first-order valence-electron chi connectivity index (χ1n) is 8.51. The lowest BCUT2D eigenvalue weighted by molar-refractivity contribution is -0.133. The number of carbonyl (C=O) groups is 3. The molecular weight excluding hydrogens is 320 g/mol. The fraction of sp³-hybridized carbons (Fsp3) is 0.500. The second kappa shape index (κ2) is 8.62. The molecule has 4 amide bonds. The number of hydrogen-bond acceptors (Lipinski definition) is 4. The zero-order valence-corrected chi connectivity index (χ0v) is 15.0. The van der Waals surface area contributed by atoms with Gasteiger partial charge in [-0.2, -0.15) is 0 Å². The van der Waals surface area contributed by atoms with Gasteiger partial charge < -0.3 is 10.2 Å². The van der Waals surface area contributed by atoms with Crippen molar-refractivity contribution in [3.63, 3.8) is 0 Å². The van der Waals surface area contributed by atoms with Crippen LogP contribution >= 0.6 is 0 Å². The molecule has 0 aliphatic carbocycles. The predicted molar refractivity (Wildman–Crippen MR) is 95.1 cm³/mol. The lowest BCUT2D eigenvalue weighted by Crippen LogP contribution is -2.56. The zero-order valence-electron chi connectivity index (χ0n) is 15.0. The van der Waals surface area contributed by atoms with Crippen LogP contribution in [0.1, 0.15) is 18.1 Å². The van der Waals surface area contributed by atoms with Crippen molar-refractivity contribution in [1.29, 1.82) is 0 Å². The fourth-order valence-electron chi connectivity index (χ4n) is 2.89. The van der Waals surface area contributed by atoms with E-state index in [1.807, 2.05) is 41.0 Å². The maximum absolute atomic E-state index is 12.5. The Morgan fingerprint density at radius 2 is 1.76 bits per heavy atom. The molecule has 2 N–H and O–H groups in total. The van der Waals surface area contributed by atoms with Crippen LogP contribution in [0.3, 0.4) is 0 Å². The van der Waals surface area contributed by atoms with Gasteiger partial charge in [-0.1, -0.05) is 24.3 Å². The lowest BCUT2D eigenvalue weighted by Gasteiger charge is -2.37. The molecule has 1 heterocycles. The minimum absolute atomic E-state index is 0.108. The van der Waals surface area contributed by atoms with E-state index in [1.165, 1.54) is 7.05 Å². The van der Waals surface area contributed by atoms with E-state index >= 15 is 0 Å². The van der Waals surface area contributed by atoms with Crippen molar-refractivity contribution in [2.75, 3.05) is 33.2 Å². The molecule has 0 spiro atoms. The number of nitrogens with one attached hydrogen (secondary N) is 2. The third-order valence-corrected chi connectivity index (χ3v) is 4.66. The van der Waals surface area contributed by atoms with E-state index in [1.54, 1.807) is 6.92 Å². The van der Waals surface area contributed by atoms with Crippen molar-refractivity contribution in [3.8, 4) is 0 Å². The molecular formula is C18H26N4O3. The van der Waals surface area contributed by atoms with Gasteiger partial charge in [0.15, 0.2) is 0 Å². The average molecular weight is 346 g/mol. The molecule has 1 aliphatic rings. The maximum Gasteiger partial charge on any atom is 0.321 e. The summed E-state index contributed by atoms with van der Waals surface area (Å²) in [5, 5.41) is 4.65. The minimum atomic E-state index is -0.510. The van der Waals surface area contributed by atoms with Gasteiger partial charge in [0.05, 0.1) is 12.5 Å². The van der Waals surface area contributed by atoms with Crippen LogP contribution in [0.25, 0.3) is 0 Å². The Bertz CT molecular complexity index is 639. The second-order valence-electron chi connectivity index (χ2n) is 6.26. The van der Waals surface area contributed by atoms with Gasteiger partial charge in [-0.3, -0.25) is 19.8 Å². The van der Waals surface area contributed by atoms with Crippen LogP contribution < -0.4 is 10.6 Å². The Morgan fingerprint density at radius 1 is 1.12 bits per heavy atom. The SMILES string of the molecule is CNC(=O)NC(=O)[C@H](C)N1CCN(C(=O)Cc2ccccc2C)CC1. The van der Waals surface area contributed by atoms with Gasteiger partial charge in [0.25, 0.3) is 0 Å². The number of hydrogen-bond donors (Lipinski definition) is 2. The molecule has 1 aromatic rings. The van der Waals surface area contributed by atoms with E-state index in [2.05, 4.69) is 10.6 Å². The van der Waals surface area contributed by atoms with Crippen LogP contribution in [-0.2, 0) is 16.0 Å². The molecule has 1 aliphatic heterocycles. The summed E-state index contributed by atoms with van der Waals surface area (Å²) in [5.74, 6) is -0.226. The molecule has 2 rings (SSSR count). The number of carbonyl (C=O) groups excluding carboxylic acids is 3. The van der Waals surface area contributed by atoms with Crippen molar-refractivity contribution in [2.45, 2.75) is 26.3 Å². The zero-order chi connectivity index (χ0) is 18.4. The van der Waals surface area contributed by atoms with Crippen LogP contribution in [0.2, 0.25) is 0 Å². The van der Waals surface area contributed by atoms with E-state index in [0.717, 1.165) is 11.1 Å².